The first-order valence-electron chi connectivity index (χ1n) is 5.80. The lowest BCUT2D eigenvalue weighted by atomic mass is 10.3. The van der Waals surface area contributed by atoms with E-state index in [1.165, 1.54) is 0 Å². The third-order valence-electron chi connectivity index (χ3n) is 2.43. The zero-order chi connectivity index (χ0) is 12.7. The van der Waals surface area contributed by atoms with Gasteiger partial charge in [-0.3, -0.25) is 0 Å². The van der Waals surface area contributed by atoms with Gasteiger partial charge in [-0.1, -0.05) is 18.5 Å². The van der Waals surface area contributed by atoms with Crippen LogP contribution < -0.4 is 10.6 Å². The molecule has 17 heavy (non-hydrogen) atoms. The Morgan fingerprint density at radius 2 is 2.24 bits per heavy atom. The topological polar surface area (TPSA) is 46.2 Å². The number of pyridine rings is 1. The van der Waals surface area contributed by atoms with E-state index in [0.29, 0.717) is 11.6 Å². The number of aromatic nitrogens is 1. The number of rotatable bonds is 7. The van der Waals surface area contributed by atoms with Crippen LogP contribution in [0.1, 0.15) is 19.5 Å². The second kappa shape index (κ2) is 7.48. The van der Waals surface area contributed by atoms with Crippen LogP contribution in [0.3, 0.4) is 0 Å². The standard InChI is InChI=1S/C12H20ClN3O/c1-4-14-8-11-10(13)5-6-12(16-11)15-7-9(2)17-3/h5-6,9,14H,4,7-8H2,1-3H3,(H,15,16). The van der Waals surface area contributed by atoms with Gasteiger partial charge in [-0.25, -0.2) is 4.98 Å². The second-order valence-corrected chi connectivity index (χ2v) is 4.24. The molecule has 0 spiro atoms. The van der Waals surface area contributed by atoms with Gasteiger partial charge in [0.2, 0.25) is 0 Å². The lowest BCUT2D eigenvalue weighted by Gasteiger charge is -2.12. The van der Waals surface area contributed by atoms with E-state index in [1.807, 2.05) is 19.1 Å². The first kappa shape index (κ1) is 14.2. The highest BCUT2D eigenvalue weighted by atomic mass is 35.5. The summed E-state index contributed by atoms with van der Waals surface area (Å²) in [7, 11) is 1.69. The fourth-order valence-corrected chi connectivity index (χ4v) is 1.45. The summed E-state index contributed by atoms with van der Waals surface area (Å²) in [6, 6.07) is 3.74. The Hall–Kier alpha value is -0.840. The number of anilines is 1. The molecule has 1 aromatic heterocycles. The molecule has 0 radical (unpaired) electrons. The van der Waals surface area contributed by atoms with Gasteiger partial charge in [-0.05, 0) is 25.6 Å². The highest BCUT2D eigenvalue weighted by molar-refractivity contribution is 6.31. The van der Waals surface area contributed by atoms with E-state index >= 15 is 0 Å². The number of nitrogens with zero attached hydrogens (tertiary/aromatic N) is 1. The molecule has 96 valence electrons. The summed E-state index contributed by atoms with van der Waals surface area (Å²) in [4.78, 5) is 4.45. The van der Waals surface area contributed by atoms with Crippen molar-refractivity contribution in [3.8, 4) is 0 Å². The summed E-state index contributed by atoms with van der Waals surface area (Å²) >= 11 is 6.07. The molecule has 0 saturated heterocycles. The third-order valence-corrected chi connectivity index (χ3v) is 2.78. The summed E-state index contributed by atoms with van der Waals surface area (Å²) in [5.74, 6) is 0.825. The number of halogens is 1. The number of hydrogen-bond donors (Lipinski definition) is 2. The van der Waals surface area contributed by atoms with Gasteiger partial charge in [0.05, 0.1) is 16.8 Å². The highest BCUT2D eigenvalue weighted by Crippen LogP contribution is 2.16. The van der Waals surface area contributed by atoms with Crippen molar-refractivity contribution in [3.05, 3.63) is 22.8 Å². The van der Waals surface area contributed by atoms with Crippen molar-refractivity contribution in [2.24, 2.45) is 0 Å². The van der Waals surface area contributed by atoms with Crippen LogP contribution in [0.4, 0.5) is 5.82 Å². The normalized spacial score (nSPS) is 12.5. The Bertz CT molecular complexity index is 347. The zero-order valence-corrected chi connectivity index (χ0v) is 11.3. The minimum atomic E-state index is 0.157. The van der Waals surface area contributed by atoms with Crippen LogP contribution in [-0.2, 0) is 11.3 Å². The number of nitrogens with one attached hydrogen (secondary N) is 2. The molecule has 1 aromatic rings. The van der Waals surface area contributed by atoms with Gasteiger partial charge in [-0.15, -0.1) is 0 Å². The van der Waals surface area contributed by atoms with Crippen molar-refractivity contribution in [1.82, 2.24) is 10.3 Å². The predicted octanol–water partition coefficient (Wildman–Crippen LogP) is 2.29. The molecule has 1 heterocycles. The lowest BCUT2D eigenvalue weighted by Crippen LogP contribution is -2.19. The fourth-order valence-electron chi connectivity index (χ4n) is 1.28. The van der Waals surface area contributed by atoms with Crippen LogP contribution in [0.2, 0.25) is 5.02 Å². The Kier molecular flexibility index (Phi) is 6.26. The number of methoxy groups -OCH3 is 1. The molecule has 0 aliphatic heterocycles. The molecule has 1 atom stereocenters. The van der Waals surface area contributed by atoms with E-state index in [4.69, 9.17) is 16.3 Å². The summed E-state index contributed by atoms with van der Waals surface area (Å²) in [6.45, 7) is 6.37. The summed E-state index contributed by atoms with van der Waals surface area (Å²) in [5, 5.41) is 7.12. The van der Waals surface area contributed by atoms with Crippen molar-refractivity contribution >= 4 is 17.4 Å². The van der Waals surface area contributed by atoms with Crippen molar-refractivity contribution in [2.75, 3.05) is 25.5 Å². The molecule has 4 nitrogen and oxygen atoms in total. The Labute approximate surface area is 108 Å². The summed E-state index contributed by atoms with van der Waals surface area (Å²) < 4.78 is 5.16. The van der Waals surface area contributed by atoms with E-state index in [0.717, 1.165) is 24.6 Å². The molecule has 0 aliphatic carbocycles. The fraction of sp³-hybridized carbons (Fsp3) is 0.583. The van der Waals surface area contributed by atoms with Crippen LogP contribution >= 0.6 is 11.6 Å². The molecule has 1 unspecified atom stereocenters. The molecule has 0 aromatic carbocycles. The van der Waals surface area contributed by atoms with Crippen LogP contribution in [0.15, 0.2) is 12.1 Å². The van der Waals surface area contributed by atoms with E-state index in [1.54, 1.807) is 7.11 Å². The van der Waals surface area contributed by atoms with Crippen LogP contribution in [0, 0.1) is 0 Å². The molecule has 2 N–H and O–H groups in total. The average Bonchev–Trinajstić information content (AvgIpc) is 2.35. The SMILES string of the molecule is CCNCc1nc(NCC(C)OC)ccc1Cl. The number of hydrogen-bond acceptors (Lipinski definition) is 4. The van der Waals surface area contributed by atoms with E-state index < -0.39 is 0 Å². The third kappa shape index (κ3) is 4.89. The molecule has 1 rings (SSSR count). The van der Waals surface area contributed by atoms with Gasteiger partial charge in [0.25, 0.3) is 0 Å². The molecule has 0 saturated carbocycles. The monoisotopic (exact) mass is 257 g/mol. The minimum absolute atomic E-state index is 0.157. The molecule has 0 fully saturated rings. The van der Waals surface area contributed by atoms with E-state index in [9.17, 15) is 0 Å². The van der Waals surface area contributed by atoms with E-state index in [-0.39, 0.29) is 6.10 Å². The molecule has 5 heteroatoms. The Morgan fingerprint density at radius 1 is 1.47 bits per heavy atom. The van der Waals surface area contributed by atoms with Gasteiger partial charge in [0.15, 0.2) is 0 Å². The zero-order valence-electron chi connectivity index (χ0n) is 10.6. The van der Waals surface area contributed by atoms with Crippen molar-refractivity contribution in [1.29, 1.82) is 0 Å². The maximum absolute atomic E-state index is 6.07. The summed E-state index contributed by atoms with van der Waals surface area (Å²) in [5.41, 5.74) is 0.864. The van der Waals surface area contributed by atoms with Crippen molar-refractivity contribution in [2.45, 2.75) is 26.5 Å². The highest BCUT2D eigenvalue weighted by Gasteiger charge is 2.04. The summed E-state index contributed by atoms with van der Waals surface area (Å²) in [6.07, 6.45) is 0.157. The van der Waals surface area contributed by atoms with Crippen molar-refractivity contribution < 1.29 is 4.74 Å². The van der Waals surface area contributed by atoms with Crippen LogP contribution in [0.25, 0.3) is 0 Å². The maximum Gasteiger partial charge on any atom is 0.126 e. The quantitative estimate of drug-likeness (QED) is 0.787. The minimum Gasteiger partial charge on any atom is -0.380 e. The van der Waals surface area contributed by atoms with Crippen molar-refractivity contribution in [3.63, 3.8) is 0 Å². The first-order valence-corrected chi connectivity index (χ1v) is 6.18. The lowest BCUT2D eigenvalue weighted by molar-refractivity contribution is 0.128. The second-order valence-electron chi connectivity index (χ2n) is 3.83. The van der Waals surface area contributed by atoms with Gasteiger partial charge in [0.1, 0.15) is 5.82 Å². The van der Waals surface area contributed by atoms with E-state index in [2.05, 4.69) is 22.5 Å². The first-order chi connectivity index (χ1) is 8.17. The number of ether oxygens (including phenoxy) is 1. The van der Waals surface area contributed by atoms with Crippen LogP contribution in [-0.4, -0.2) is 31.3 Å². The molecular weight excluding hydrogens is 238 g/mol. The molecular formula is C12H20ClN3O. The van der Waals surface area contributed by atoms with Crippen LogP contribution in [0.5, 0.6) is 0 Å². The van der Waals surface area contributed by atoms with Gasteiger partial charge >= 0.3 is 0 Å². The maximum atomic E-state index is 6.07. The molecule has 0 aliphatic rings. The van der Waals surface area contributed by atoms with Gasteiger partial charge in [0, 0.05) is 20.2 Å². The van der Waals surface area contributed by atoms with Gasteiger partial charge < -0.3 is 15.4 Å². The molecule has 0 amide bonds. The predicted molar refractivity (Wildman–Crippen MR) is 71.6 cm³/mol. The smallest absolute Gasteiger partial charge is 0.126 e. The largest absolute Gasteiger partial charge is 0.380 e. The Balaban J connectivity index is 2.61. The molecule has 0 bridgehead atoms. The Morgan fingerprint density at radius 3 is 2.88 bits per heavy atom. The average molecular weight is 258 g/mol. The van der Waals surface area contributed by atoms with Gasteiger partial charge in [-0.2, -0.15) is 0 Å².